The minimum absolute atomic E-state index is 0.00140. The fourth-order valence-corrected chi connectivity index (χ4v) is 2.35. The summed E-state index contributed by atoms with van der Waals surface area (Å²) in [7, 11) is 0. The maximum atomic E-state index is 11.8. The smallest absolute Gasteiger partial charge is 0.260 e. The first-order valence-corrected chi connectivity index (χ1v) is 6.78. The predicted octanol–water partition coefficient (Wildman–Crippen LogP) is 3.20. The van der Waals surface area contributed by atoms with Crippen LogP contribution in [0.1, 0.15) is 11.1 Å². The van der Waals surface area contributed by atoms with Gasteiger partial charge in [0.1, 0.15) is 0 Å². The van der Waals surface area contributed by atoms with Crippen LogP contribution in [0.5, 0.6) is 0 Å². The van der Waals surface area contributed by atoms with Crippen molar-refractivity contribution in [2.45, 2.75) is 6.92 Å². The molecular formula is C14H16N2OS. The van der Waals surface area contributed by atoms with Crippen molar-refractivity contribution < 1.29 is 4.79 Å². The Morgan fingerprint density at radius 2 is 2.33 bits per heavy atom. The van der Waals surface area contributed by atoms with Crippen molar-refractivity contribution in [2.75, 3.05) is 12.3 Å². The molecule has 94 valence electrons. The maximum Gasteiger partial charge on any atom is 0.300 e. The highest BCUT2D eigenvalue weighted by molar-refractivity contribution is 8.13. The van der Waals surface area contributed by atoms with E-state index in [9.17, 15) is 4.79 Å². The third-order valence-electron chi connectivity index (χ3n) is 2.74. The minimum atomic E-state index is -0.00140. The van der Waals surface area contributed by atoms with Crippen LogP contribution < -0.4 is 5.43 Å². The lowest BCUT2D eigenvalue weighted by Crippen LogP contribution is -2.32. The van der Waals surface area contributed by atoms with E-state index in [1.165, 1.54) is 22.9 Å². The minimum Gasteiger partial charge on any atom is -0.260 e. The Morgan fingerprint density at radius 1 is 1.56 bits per heavy atom. The monoisotopic (exact) mass is 260 g/mol. The molecule has 1 heterocycles. The summed E-state index contributed by atoms with van der Waals surface area (Å²) >= 11 is 1.24. The molecule has 18 heavy (non-hydrogen) atoms. The SMILES string of the molecule is C=CCSC(=O)N1C=C(c2ccccc2C)CN1. The van der Waals surface area contributed by atoms with Crippen LogP contribution in [0, 0.1) is 6.92 Å². The number of nitrogens with zero attached hydrogens (tertiary/aromatic N) is 1. The van der Waals surface area contributed by atoms with Crippen LogP contribution in [0.3, 0.4) is 0 Å². The summed E-state index contributed by atoms with van der Waals surface area (Å²) in [5, 5.41) is 1.55. The number of carbonyl (C=O) groups excluding carboxylic acids is 1. The number of carbonyl (C=O) groups is 1. The molecule has 2 rings (SSSR count). The molecule has 3 nitrogen and oxygen atoms in total. The van der Waals surface area contributed by atoms with Crippen molar-refractivity contribution in [1.29, 1.82) is 0 Å². The zero-order valence-corrected chi connectivity index (χ0v) is 11.2. The van der Waals surface area contributed by atoms with Crippen LogP contribution in [0.4, 0.5) is 4.79 Å². The van der Waals surface area contributed by atoms with E-state index in [2.05, 4.69) is 31.1 Å². The molecule has 1 aliphatic rings. The Kier molecular flexibility index (Phi) is 4.23. The number of hydrazine groups is 1. The standard InChI is InChI=1S/C14H16N2OS/c1-3-8-18-14(17)16-10-12(9-15-16)13-7-5-4-6-11(13)2/h3-7,10,15H,1,8-9H2,2H3. The average Bonchev–Trinajstić information content (AvgIpc) is 2.86. The van der Waals surface area contributed by atoms with E-state index in [-0.39, 0.29) is 5.24 Å². The van der Waals surface area contributed by atoms with Crippen LogP contribution in [0.15, 0.2) is 43.1 Å². The topological polar surface area (TPSA) is 32.3 Å². The van der Waals surface area contributed by atoms with Crippen molar-refractivity contribution in [1.82, 2.24) is 10.4 Å². The molecular weight excluding hydrogens is 244 g/mol. The van der Waals surface area contributed by atoms with Crippen LogP contribution in [-0.4, -0.2) is 22.5 Å². The largest absolute Gasteiger partial charge is 0.300 e. The lowest BCUT2D eigenvalue weighted by Gasteiger charge is -2.11. The van der Waals surface area contributed by atoms with Crippen molar-refractivity contribution >= 4 is 22.6 Å². The number of benzene rings is 1. The number of aryl methyl sites for hydroxylation is 1. The molecule has 0 atom stereocenters. The van der Waals surface area contributed by atoms with Gasteiger partial charge in [-0.05, 0) is 23.6 Å². The molecule has 0 bridgehead atoms. The lowest BCUT2D eigenvalue weighted by atomic mass is 10.0. The number of hydrogen-bond acceptors (Lipinski definition) is 3. The van der Waals surface area contributed by atoms with Crippen LogP contribution in [0.25, 0.3) is 5.57 Å². The summed E-state index contributed by atoms with van der Waals surface area (Å²) < 4.78 is 0. The van der Waals surface area contributed by atoms with Gasteiger partial charge in [-0.25, -0.2) is 10.4 Å². The Bertz CT molecular complexity index is 496. The molecule has 1 amide bonds. The Morgan fingerprint density at radius 3 is 3.06 bits per heavy atom. The second kappa shape index (κ2) is 5.89. The quantitative estimate of drug-likeness (QED) is 0.847. The second-order valence-electron chi connectivity index (χ2n) is 4.04. The van der Waals surface area contributed by atoms with Gasteiger partial charge in [0.05, 0.1) is 0 Å². The molecule has 0 aromatic heterocycles. The predicted molar refractivity (Wildman–Crippen MR) is 77.0 cm³/mol. The molecule has 0 spiro atoms. The molecule has 0 radical (unpaired) electrons. The van der Waals surface area contributed by atoms with Crippen molar-refractivity contribution in [3.8, 4) is 0 Å². The van der Waals surface area contributed by atoms with Gasteiger partial charge in [-0.1, -0.05) is 42.1 Å². The number of rotatable bonds is 3. The number of amides is 1. The molecule has 1 aromatic rings. The van der Waals surface area contributed by atoms with E-state index < -0.39 is 0 Å². The molecule has 4 heteroatoms. The van der Waals surface area contributed by atoms with Gasteiger partial charge in [0.15, 0.2) is 0 Å². The van der Waals surface area contributed by atoms with Crippen LogP contribution in [0.2, 0.25) is 0 Å². The fourth-order valence-electron chi connectivity index (χ4n) is 1.83. The molecule has 0 fully saturated rings. The van der Waals surface area contributed by atoms with Gasteiger partial charge < -0.3 is 0 Å². The summed E-state index contributed by atoms with van der Waals surface area (Å²) in [4.78, 5) is 11.8. The summed E-state index contributed by atoms with van der Waals surface area (Å²) in [6.45, 7) is 6.37. The molecule has 0 aliphatic carbocycles. The van der Waals surface area contributed by atoms with Crippen molar-refractivity contribution in [2.24, 2.45) is 0 Å². The molecule has 1 aromatic carbocycles. The maximum absolute atomic E-state index is 11.8. The first kappa shape index (κ1) is 12.9. The molecule has 1 aliphatic heterocycles. The molecule has 1 N–H and O–H groups in total. The van der Waals surface area contributed by atoms with E-state index in [0.717, 1.165) is 5.57 Å². The first-order valence-electron chi connectivity index (χ1n) is 5.79. The van der Waals surface area contributed by atoms with E-state index in [1.54, 1.807) is 11.1 Å². The highest BCUT2D eigenvalue weighted by atomic mass is 32.2. The first-order chi connectivity index (χ1) is 8.72. The van der Waals surface area contributed by atoms with Gasteiger partial charge in [-0.15, -0.1) is 6.58 Å². The van der Waals surface area contributed by atoms with Crippen LogP contribution >= 0.6 is 11.8 Å². The highest BCUT2D eigenvalue weighted by Crippen LogP contribution is 2.23. The normalized spacial score (nSPS) is 14.5. The summed E-state index contributed by atoms with van der Waals surface area (Å²) in [6.07, 6.45) is 3.60. The molecule has 0 unspecified atom stereocenters. The summed E-state index contributed by atoms with van der Waals surface area (Å²) in [6, 6.07) is 8.19. The summed E-state index contributed by atoms with van der Waals surface area (Å²) in [5.41, 5.74) is 6.63. The zero-order valence-electron chi connectivity index (χ0n) is 10.3. The summed E-state index contributed by atoms with van der Waals surface area (Å²) in [5.74, 6) is 0.630. The van der Waals surface area contributed by atoms with Crippen molar-refractivity contribution in [3.05, 3.63) is 54.2 Å². The molecule has 0 saturated carbocycles. The Labute approximate surface area is 112 Å². The number of thioether (sulfide) groups is 1. The Balaban J connectivity index is 2.11. The van der Waals surface area contributed by atoms with E-state index in [4.69, 9.17) is 0 Å². The van der Waals surface area contributed by atoms with Crippen molar-refractivity contribution in [3.63, 3.8) is 0 Å². The Hall–Kier alpha value is -1.52. The van der Waals surface area contributed by atoms with Gasteiger partial charge in [0, 0.05) is 18.5 Å². The lowest BCUT2D eigenvalue weighted by molar-refractivity contribution is 0.229. The third kappa shape index (κ3) is 2.83. The average molecular weight is 260 g/mol. The van der Waals surface area contributed by atoms with Gasteiger partial charge >= 0.3 is 0 Å². The zero-order chi connectivity index (χ0) is 13.0. The highest BCUT2D eigenvalue weighted by Gasteiger charge is 2.19. The van der Waals surface area contributed by atoms with Gasteiger partial charge in [-0.3, -0.25) is 4.79 Å². The van der Waals surface area contributed by atoms with Gasteiger partial charge in [0.25, 0.3) is 5.24 Å². The number of nitrogens with one attached hydrogen (secondary N) is 1. The van der Waals surface area contributed by atoms with Crippen LogP contribution in [-0.2, 0) is 0 Å². The van der Waals surface area contributed by atoms with E-state index in [1.807, 2.05) is 18.3 Å². The third-order valence-corrected chi connectivity index (χ3v) is 3.58. The molecule has 0 saturated heterocycles. The van der Waals surface area contributed by atoms with E-state index in [0.29, 0.717) is 12.3 Å². The van der Waals surface area contributed by atoms with Gasteiger partial charge in [-0.2, -0.15) is 0 Å². The number of hydrogen-bond donors (Lipinski definition) is 1. The van der Waals surface area contributed by atoms with Gasteiger partial charge in [0.2, 0.25) is 0 Å². The fraction of sp³-hybridized carbons (Fsp3) is 0.214. The van der Waals surface area contributed by atoms with E-state index >= 15 is 0 Å². The second-order valence-corrected chi connectivity index (χ2v) is 5.01.